The average Bonchev–Trinajstić information content (AvgIpc) is 1.51. The minimum atomic E-state index is -2.78. The van der Waals surface area contributed by atoms with Crippen molar-refractivity contribution in [2.75, 3.05) is 41.0 Å². The number of carboxylic acids is 1. The van der Waals surface area contributed by atoms with Crippen LogP contribution in [0.5, 0.6) is 34.5 Å². The first kappa shape index (κ1) is 81.7. The number of fused-ring (bicyclic) bond motifs is 9. The van der Waals surface area contributed by atoms with E-state index in [1.807, 2.05) is 6.07 Å². The first-order valence-electron chi connectivity index (χ1n) is 33.8. The molecule has 2 amide bonds. The fourth-order valence-corrected chi connectivity index (χ4v) is 17.5. The van der Waals surface area contributed by atoms with Crippen molar-refractivity contribution in [2.45, 2.75) is 96.4 Å². The molecule has 9 aromatic rings. The number of rotatable bonds is 17. The summed E-state index contributed by atoms with van der Waals surface area (Å²) in [6.07, 6.45) is -4.65. The second kappa shape index (κ2) is 32.6. The topological polar surface area (TPSA) is 337 Å². The number of hydrogen-bond acceptors (Lipinski definition) is 19. The van der Waals surface area contributed by atoms with Crippen molar-refractivity contribution in [3.8, 4) is 34.5 Å². The largest absolute Gasteiger partial charge is 0.495 e. The van der Waals surface area contributed by atoms with Gasteiger partial charge in [-0.05, 0) is 69.8 Å². The van der Waals surface area contributed by atoms with Crippen LogP contribution in [0.25, 0.3) is 0 Å². The van der Waals surface area contributed by atoms with Gasteiger partial charge in [-0.3, -0.25) is 29.3 Å². The summed E-state index contributed by atoms with van der Waals surface area (Å²) in [6, 6.07) is 47.6. The number of hydrogen-bond donors (Lipinski definition) is 10. The first-order chi connectivity index (χ1) is 52.1. The summed E-state index contributed by atoms with van der Waals surface area (Å²) >= 11 is 10.2. The number of aliphatic hydroxyl groups excluding tert-OH is 3. The molecule has 11 N–H and O–H groups in total. The molecular formula is C79H75Br3F6N6O16. The van der Waals surface area contributed by atoms with Crippen LogP contribution in [0.4, 0.5) is 26.3 Å². The zero-order valence-electron chi connectivity index (χ0n) is 57.7. The zero-order chi connectivity index (χ0) is 78.3. The van der Waals surface area contributed by atoms with Crippen LogP contribution in [-0.2, 0) is 48.0 Å². The number of carbonyl (C=O) groups is 3. The van der Waals surface area contributed by atoms with Crippen molar-refractivity contribution < 1.29 is 105 Å². The summed E-state index contributed by atoms with van der Waals surface area (Å²) in [5.74, 6) is -8.65. The van der Waals surface area contributed by atoms with Crippen molar-refractivity contribution in [3.05, 3.63) is 264 Å². The van der Waals surface area contributed by atoms with Gasteiger partial charge >= 0.3 is 5.97 Å². The third-order valence-corrected chi connectivity index (χ3v) is 22.5. The van der Waals surface area contributed by atoms with E-state index in [-0.39, 0.29) is 58.6 Å². The number of aromatic nitrogens is 3. The number of carbonyl (C=O) groups excluding carboxylic acids is 2. The maximum Gasteiger partial charge on any atom is 0.310 e. The molecule has 6 aromatic carbocycles. The van der Waals surface area contributed by atoms with Crippen LogP contribution in [0.15, 0.2) is 214 Å². The Labute approximate surface area is 652 Å². The number of amides is 2. The Kier molecular flexibility index (Phi) is 24.2. The molecule has 22 nitrogen and oxygen atoms in total. The monoisotopic (exact) mass is 1710 g/mol. The van der Waals surface area contributed by atoms with Crippen LogP contribution in [0.3, 0.4) is 0 Å². The highest BCUT2D eigenvalue weighted by Crippen LogP contribution is 2.73. The summed E-state index contributed by atoms with van der Waals surface area (Å²) in [7, 11) is 4.21. The number of benzene rings is 6. The van der Waals surface area contributed by atoms with Gasteiger partial charge in [0.25, 0.3) is 19.3 Å². The molecule has 3 saturated carbocycles. The molecule has 31 heteroatoms. The molecule has 0 spiro atoms. The molecule has 6 aliphatic rings. The second-order valence-electron chi connectivity index (χ2n) is 26.3. The average molecular weight is 1720 g/mol. The standard InChI is InChI=1S/2C26H23BrF2N2O5.C24H20BrNO6.C2H5F2N.CH4/c2*1-35-17-11-30-12-18-22(17)25(34)23(32)20(24(33)31-13-19(28)29)21(14-5-3-2-4-6-14)26(25,36-18)15-7-9-16(27)10-8-15;1-31-16-11-26-12-17-20(16)23(30)21(27)18(22(28)29)19(13-5-3-2-4-6-13)24(23,32-17)14-7-9-15(25)10-8-14;3-2(4)1-5;/h2*2-12,19-21,23,32,34H,13H2,1H3,(H,31,33);2-12,18-19,21,27,30H,1H3,(H,28,29);2H,1,5H2;1H4/t2*20-,21-,23-,25+,26+;18-,19-,21-,23+,24+;;/m111../s1. The number of methoxy groups -OCH3 is 3. The lowest BCUT2D eigenvalue weighted by molar-refractivity contribution is -0.159. The highest BCUT2D eigenvalue weighted by molar-refractivity contribution is 9.11. The molecule has 580 valence electrons. The third-order valence-electron chi connectivity index (χ3n) is 20.9. The van der Waals surface area contributed by atoms with E-state index < -0.39 is 144 Å². The maximum absolute atomic E-state index is 13.4. The quantitative estimate of drug-likeness (QED) is 0.0379. The van der Waals surface area contributed by atoms with Gasteiger partial charge in [-0.15, -0.1) is 0 Å². The van der Waals surface area contributed by atoms with Crippen molar-refractivity contribution in [1.82, 2.24) is 25.6 Å². The molecule has 0 unspecified atom stereocenters. The molecule has 15 atom stereocenters. The Morgan fingerprint density at radius 1 is 0.445 bits per heavy atom. The van der Waals surface area contributed by atoms with Crippen LogP contribution in [0.1, 0.15) is 75.3 Å². The van der Waals surface area contributed by atoms with E-state index in [1.54, 1.807) is 158 Å². The van der Waals surface area contributed by atoms with Crippen molar-refractivity contribution in [3.63, 3.8) is 0 Å². The zero-order valence-corrected chi connectivity index (χ0v) is 62.5. The number of aliphatic hydroxyl groups is 6. The van der Waals surface area contributed by atoms with E-state index >= 15 is 0 Å². The summed E-state index contributed by atoms with van der Waals surface area (Å²) in [5.41, 5.74) is -3.46. The van der Waals surface area contributed by atoms with E-state index in [4.69, 9.17) is 28.4 Å². The number of pyridine rings is 3. The Bertz CT molecular complexity index is 4570. The molecule has 110 heavy (non-hydrogen) atoms. The molecule has 3 aliphatic carbocycles. The number of halogens is 9. The summed E-state index contributed by atoms with van der Waals surface area (Å²) in [6.45, 7) is -2.31. The number of aliphatic carboxylic acids is 1. The number of alkyl halides is 6. The minimum Gasteiger partial charge on any atom is -0.495 e. The number of nitrogens with two attached hydrogens (primary N) is 1. The van der Waals surface area contributed by atoms with Crippen molar-refractivity contribution in [1.29, 1.82) is 0 Å². The first-order valence-corrected chi connectivity index (χ1v) is 36.1. The number of ether oxygens (including phenoxy) is 6. The lowest BCUT2D eigenvalue weighted by Crippen LogP contribution is -2.52. The molecule has 0 radical (unpaired) electrons. The smallest absolute Gasteiger partial charge is 0.310 e. The number of carboxylic acid groups (broad SMARTS) is 1. The predicted octanol–water partition coefficient (Wildman–Crippen LogP) is 11.0. The second-order valence-corrected chi connectivity index (χ2v) is 29.0. The van der Waals surface area contributed by atoms with Gasteiger partial charge < -0.3 is 80.5 Å². The molecule has 3 aromatic heterocycles. The third kappa shape index (κ3) is 13.3. The van der Waals surface area contributed by atoms with Crippen LogP contribution < -0.4 is 44.8 Å². The molecule has 15 rings (SSSR count). The minimum absolute atomic E-state index is 0. The highest BCUT2D eigenvalue weighted by Gasteiger charge is 2.81. The van der Waals surface area contributed by atoms with Gasteiger partial charge in [0.1, 0.15) is 52.8 Å². The number of nitrogens with one attached hydrogen (secondary N) is 2. The van der Waals surface area contributed by atoms with Gasteiger partial charge in [-0.1, -0.05) is 183 Å². The van der Waals surface area contributed by atoms with Crippen LogP contribution >= 0.6 is 47.8 Å². The van der Waals surface area contributed by atoms with Gasteiger partial charge in [0.15, 0.2) is 33.6 Å². The van der Waals surface area contributed by atoms with Crippen molar-refractivity contribution in [2.24, 2.45) is 23.5 Å². The Morgan fingerprint density at radius 3 is 0.936 bits per heavy atom. The Balaban J connectivity index is 0.000000158. The molecule has 3 fully saturated rings. The van der Waals surface area contributed by atoms with E-state index in [0.29, 0.717) is 33.4 Å². The lowest BCUT2D eigenvalue weighted by atomic mass is 9.70. The highest BCUT2D eigenvalue weighted by atomic mass is 79.9. The van der Waals surface area contributed by atoms with E-state index in [9.17, 15) is 76.5 Å². The predicted molar refractivity (Wildman–Crippen MR) is 397 cm³/mol. The molecule has 6 heterocycles. The Morgan fingerprint density at radius 2 is 0.700 bits per heavy atom. The van der Waals surface area contributed by atoms with Crippen LogP contribution in [0, 0.1) is 17.8 Å². The van der Waals surface area contributed by atoms with Crippen LogP contribution in [-0.4, -0.2) is 147 Å². The molecular weight excluding hydrogens is 1640 g/mol. The fourth-order valence-electron chi connectivity index (χ4n) is 16.7. The Hall–Kier alpha value is -9.28. The molecule has 0 saturated heterocycles. The van der Waals surface area contributed by atoms with Gasteiger partial charge in [-0.25, -0.2) is 26.3 Å². The van der Waals surface area contributed by atoms with E-state index in [0.717, 1.165) is 13.4 Å². The summed E-state index contributed by atoms with van der Waals surface area (Å²) in [5, 5.41) is 87.1. The summed E-state index contributed by atoms with van der Waals surface area (Å²) in [4.78, 5) is 51.7. The molecule has 3 aliphatic heterocycles. The molecule has 0 bridgehead atoms. The van der Waals surface area contributed by atoms with Gasteiger partial charge in [0, 0.05) is 31.2 Å². The number of nitrogens with zero attached hydrogens (tertiary/aromatic N) is 3. The van der Waals surface area contributed by atoms with Gasteiger partial charge in [0.2, 0.25) is 11.8 Å². The summed E-state index contributed by atoms with van der Waals surface area (Å²) < 4.78 is 112. The lowest BCUT2D eigenvalue weighted by Gasteiger charge is -2.40. The van der Waals surface area contributed by atoms with Gasteiger partial charge in [0.05, 0.1) is 113 Å². The fraction of sp³-hybridized carbons (Fsp3) is 0.316. The van der Waals surface area contributed by atoms with Crippen molar-refractivity contribution >= 4 is 65.6 Å². The maximum atomic E-state index is 13.4. The van der Waals surface area contributed by atoms with Crippen LogP contribution in [0.2, 0.25) is 0 Å². The van der Waals surface area contributed by atoms with E-state index in [1.165, 1.54) is 58.5 Å². The SMILES string of the molecule is C.COc1cncc2c1[C@]1(O)[C@H](O)[C@H](C(=O)NCC(F)F)[C@@H](c3ccccc3)[C@]1(c1ccc(Br)cc1)O2.COc1cncc2c1[C@]1(O)[C@H](O)[C@H](C(=O)NCC(F)F)[C@@H](c3ccccc3)[C@]1(c1ccc(Br)cc1)O2.COc1cncc2c1[C@]1(O)[C@H](O)[C@H](C(=O)O)[C@@H](c3ccccc3)[C@]1(c1ccc(Br)cc1)O2.NCC(F)F. The normalized spacial score (nSPS) is 27.8. The van der Waals surface area contributed by atoms with E-state index in [2.05, 4.69) is 79.1 Å². The van der Waals surface area contributed by atoms with Gasteiger partial charge in [-0.2, -0.15) is 0 Å².